The zero-order valence-corrected chi connectivity index (χ0v) is 20.5. The van der Waals surface area contributed by atoms with Crippen LogP contribution in [0.3, 0.4) is 0 Å². The van der Waals surface area contributed by atoms with Crippen molar-refractivity contribution in [3.05, 3.63) is 103 Å². The molecule has 0 aliphatic rings. The van der Waals surface area contributed by atoms with Crippen LogP contribution in [0.25, 0.3) is 33.7 Å². The molecule has 0 bridgehead atoms. The number of anilines is 1. The van der Waals surface area contributed by atoms with Crippen LogP contribution in [0.1, 0.15) is 35.2 Å². The summed E-state index contributed by atoms with van der Waals surface area (Å²) in [4.78, 5) is 27.2. The van der Waals surface area contributed by atoms with E-state index >= 15 is 4.39 Å². The molecule has 188 valence electrons. The molecule has 5 rings (SSSR count). The lowest BCUT2D eigenvalue weighted by atomic mass is 9.98. The Kier molecular flexibility index (Phi) is 5.99. The van der Waals surface area contributed by atoms with Gasteiger partial charge < -0.3 is 9.73 Å². The maximum absolute atomic E-state index is 15.0. The number of benzene rings is 3. The van der Waals surface area contributed by atoms with Gasteiger partial charge in [0.2, 0.25) is 0 Å². The molecule has 7 nitrogen and oxygen atoms in total. The molecule has 0 aliphatic carbocycles. The Balaban J connectivity index is 1.68. The number of rotatable bonds is 5. The van der Waals surface area contributed by atoms with Crippen LogP contribution < -0.4 is 16.5 Å². The molecule has 9 heteroatoms. The maximum Gasteiger partial charge on any atom is 0.439 e. The minimum atomic E-state index is -0.810. The van der Waals surface area contributed by atoms with Crippen LogP contribution in [0.5, 0.6) is 0 Å². The molecule has 0 amide bonds. The lowest BCUT2D eigenvalue weighted by molar-refractivity contribution is 0.387. The lowest BCUT2D eigenvalue weighted by Crippen LogP contribution is -2.13. The summed E-state index contributed by atoms with van der Waals surface area (Å²) in [5, 5.41) is 7.20. The smallest absolute Gasteiger partial charge is 0.439 e. The zero-order chi connectivity index (χ0) is 26.4. The summed E-state index contributed by atoms with van der Waals surface area (Å²) in [5.41, 5.74) is 2.77. The van der Waals surface area contributed by atoms with E-state index in [0.29, 0.717) is 33.3 Å². The molecule has 1 atom stereocenters. The molecule has 2 heterocycles. The first-order chi connectivity index (χ1) is 17.7. The molecule has 0 saturated heterocycles. The number of aryl methyl sites for hydroxylation is 2. The fourth-order valence-electron chi connectivity index (χ4n) is 4.50. The molecular formula is C28H23F2N3O4. The molecule has 0 aliphatic heterocycles. The van der Waals surface area contributed by atoms with E-state index in [4.69, 9.17) is 4.42 Å². The SMILES string of the molecule is Cc1cc(C(C)Nc2cccc(F)c2-c2noc(=O)[nH]2)c2oc(-c3cccc(C)c3F)c(C)c(=O)c2c1. The van der Waals surface area contributed by atoms with E-state index in [-0.39, 0.29) is 28.1 Å². The molecule has 2 aromatic heterocycles. The third-order valence-corrected chi connectivity index (χ3v) is 6.36. The monoisotopic (exact) mass is 503 g/mol. The maximum atomic E-state index is 15.0. The highest BCUT2D eigenvalue weighted by atomic mass is 19.1. The normalized spacial score (nSPS) is 12.2. The van der Waals surface area contributed by atoms with E-state index in [1.165, 1.54) is 12.1 Å². The van der Waals surface area contributed by atoms with Crippen molar-refractivity contribution >= 4 is 16.7 Å². The van der Waals surface area contributed by atoms with Gasteiger partial charge in [-0.15, -0.1) is 0 Å². The van der Waals surface area contributed by atoms with Crippen molar-refractivity contribution in [3.8, 4) is 22.7 Å². The Labute approximate surface area is 209 Å². The molecule has 37 heavy (non-hydrogen) atoms. The number of fused-ring (bicyclic) bond motifs is 1. The number of nitrogens with one attached hydrogen (secondary N) is 2. The van der Waals surface area contributed by atoms with Gasteiger partial charge in [0.05, 0.1) is 22.6 Å². The van der Waals surface area contributed by atoms with Crippen molar-refractivity contribution in [3.63, 3.8) is 0 Å². The second-order valence-corrected chi connectivity index (χ2v) is 9.02. The van der Waals surface area contributed by atoms with E-state index < -0.39 is 23.4 Å². The summed E-state index contributed by atoms with van der Waals surface area (Å²) in [5.74, 6) is -1.79. The Morgan fingerprint density at radius 1 is 1.03 bits per heavy atom. The summed E-state index contributed by atoms with van der Waals surface area (Å²) in [6, 6.07) is 12.4. The van der Waals surface area contributed by atoms with Gasteiger partial charge >= 0.3 is 5.76 Å². The van der Waals surface area contributed by atoms with Crippen LogP contribution in [0.15, 0.2) is 67.1 Å². The molecule has 5 aromatic rings. The predicted octanol–water partition coefficient (Wildman–Crippen LogP) is 6.18. The molecule has 2 N–H and O–H groups in total. The van der Waals surface area contributed by atoms with Gasteiger partial charge in [-0.05, 0) is 63.1 Å². The van der Waals surface area contributed by atoms with Gasteiger partial charge in [-0.25, -0.2) is 13.6 Å². The fraction of sp³-hybridized carbons (Fsp3) is 0.179. The molecule has 3 aromatic carbocycles. The summed E-state index contributed by atoms with van der Waals surface area (Å²) < 4.78 is 40.6. The number of nitrogens with zero attached hydrogens (tertiary/aromatic N) is 1. The number of halogens is 2. The summed E-state index contributed by atoms with van der Waals surface area (Å²) in [6.07, 6.45) is 0. The number of H-pyrrole nitrogens is 1. The quantitative estimate of drug-likeness (QED) is 0.297. The van der Waals surface area contributed by atoms with Gasteiger partial charge in [-0.2, -0.15) is 0 Å². The van der Waals surface area contributed by atoms with Crippen LogP contribution in [0.4, 0.5) is 14.5 Å². The van der Waals surface area contributed by atoms with E-state index in [9.17, 15) is 14.0 Å². The van der Waals surface area contributed by atoms with Crippen molar-refractivity contribution < 1.29 is 17.7 Å². The number of hydrogen-bond acceptors (Lipinski definition) is 6. The van der Waals surface area contributed by atoms with Gasteiger partial charge in [-0.1, -0.05) is 29.4 Å². The van der Waals surface area contributed by atoms with Crippen molar-refractivity contribution in [1.82, 2.24) is 10.1 Å². The Bertz CT molecular complexity index is 1790. The first-order valence-corrected chi connectivity index (χ1v) is 11.6. The summed E-state index contributed by atoms with van der Waals surface area (Å²) in [7, 11) is 0. The molecule has 0 radical (unpaired) electrons. The standard InChI is InChI=1S/C28H23F2N3O4/c1-13-11-18(16(4)31-21-10-6-9-20(29)22(21)27-32-28(35)37-33-27)26-19(12-13)24(34)15(3)25(36-26)17-8-5-7-14(2)23(17)30/h5-12,16,31H,1-4H3,(H,32,33,35). The molecular weight excluding hydrogens is 480 g/mol. The topological polar surface area (TPSA) is 101 Å². The third-order valence-electron chi connectivity index (χ3n) is 6.36. The van der Waals surface area contributed by atoms with Gasteiger partial charge in [0.1, 0.15) is 23.0 Å². The Hall–Kier alpha value is -4.53. The first-order valence-electron chi connectivity index (χ1n) is 11.6. The number of hydrogen-bond donors (Lipinski definition) is 2. The van der Waals surface area contributed by atoms with E-state index in [1.54, 1.807) is 44.2 Å². The molecule has 0 saturated carbocycles. The fourth-order valence-corrected chi connectivity index (χ4v) is 4.50. The second kappa shape index (κ2) is 9.16. The van der Waals surface area contributed by atoms with Crippen LogP contribution in [0, 0.1) is 32.4 Å². The van der Waals surface area contributed by atoms with Crippen LogP contribution in [-0.4, -0.2) is 10.1 Å². The summed E-state index contributed by atoms with van der Waals surface area (Å²) in [6.45, 7) is 6.93. The van der Waals surface area contributed by atoms with Crippen molar-refractivity contribution in [1.29, 1.82) is 0 Å². The minimum Gasteiger partial charge on any atom is -0.455 e. The minimum absolute atomic E-state index is 0.0250. The Morgan fingerprint density at radius 3 is 2.51 bits per heavy atom. The van der Waals surface area contributed by atoms with Gasteiger partial charge in [0, 0.05) is 16.8 Å². The van der Waals surface area contributed by atoms with E-state index in [0.717, 1.165) is 5.56 Å². The predicted molar refractivity (Wildman–Crippen MR) is 137 cm³/mol. The lowest BCUT2D eigenvalue weighted by Gasteiger charge is -2.20. The highest BCUT2D eigenvalue weighted by Gasteiger charge is 2.22. The molecule has 0 fully saturated rings. The number of aromatic amines is 1. The molecule has 1 unspecified atom stereocenters. The first kappa shape index (κ1) is 24.2. The average molecular weight is 504 g/mol. The third kappa shape index (κ3) is 4.22. The summed E-state index contributed by atoms with van der Waals surface area (Å²) >= 11 is 0. The zero-order valence-electron chi connectivity index (χ0n) is 20.5. The van der Waals surface area contributed by atoms with Crippen LogP contribution in [-0.2, 0) is 0 Å². The van der Waals surface area contributed by atoms with Crippen molar-refractivity contribution in [2.24, 2.45) is 0 Å². The highest BCUT2D eigenvalue weighted by molar-refractivity contribution is 5.85. The highest BCUT2D eigenvalue weighted by Crippen LogP contribution is 2.35. The number of aromatic nitrogens is 2. The second-order valence-electron chi connectivity index (χ2n) is 9.02. The molecule has 0 spiro atoms. The van der Waals surface area contributed by atoms with E-state index in [2.05, 4.69) is 20.0 Å². The van der Waals surface area contributed by atoms with Gasteiger partial charge in [0.25, 0.3) is 0 Å². The van der Waals surface area contributed by atoms with Crippen molar-refractivity contribution in [2.45, 2.75) is 33.7 Å². The van der Waals surface area contributed by atoms with Crippen LogP contribution >= 0.6 is 0 Å². The average Bonchev–Trinajstić information content (AvgIpc) is 3.29. The Morgan fingerprint density at radius 2 is 1.78 bits per heavy atom. The van der Waals surface area contributed by atoms with E-state index in [1.807, 2.05) is 19.9 Å². The van der Waals surface area contributed by atoms with Crippen molar-refractivity contribution in [2.75, 3.05) is 5.32 Å². The largest absolute Gasteiger partial charge is 0.455 e. The van der Waals surface area contributed by atoms with Gasteiger partial charge in [-0.3, -0.25) is 14.3 Å². The van der Waals surface area contributed by atoms with Gasteiger partial charge in [0.15, 0.2) is 11.3 Å². The van der Waals surface area contributed by atoms with Crippen LogP contribution in [0.2, 0.25) is 0 Å².